The quantitative estimate of drug-likeness (QED) is 0.733. The van der Waals surface area contributed by atoms with Gasteiger partial charge in [-0.2, -0.15) is 13.2 Å². The molecule has 5 heteroatoms. The van der Waals surface area contributed by atoms with E-state index in [1.54, 1.807) is 13.2 Å². The van der Waals surface area contributed by atoms with Gasteiger partial charge in [-0.3, -0.25) is 0 Å². The Morgan fingerprint density at radius 3 is 2.33 bits per heavy atom. The van der Waals surface area contributed by atoms with E-state index in [1.807, 2.05) is 18.2 Å². The zero-order valence-corrected chi connectivity index (χ0v) is 13.0. The van der Waals surface area contributed by atoms with Gasteiger partial charge in [-0.05, 0) is 33.6 Å². The van der Waals surface area contributed by atoms with E-state index in [4.69, 9.17) is 4.74 Å². The molecule has 2 aromatic carbocycles. The molecule has 0 unspecified atom stereocenters. The highest BCUT2D eigenvalue weighted by atomic mass is 28.3. The third kappa shape index (κ3) is 1.99. The third-order valence-electron chi connectivity index (χ3n) is 4.18. The summed E-state index contributed by atoms with van der Waals surface area (Å²) in [5, 5.41) is 2.12. The van der Waals surface area contributed by atoms with E-state index in [0.29, 0.717) is 5.56 Å². The van der Waals surface area contributed by atoms with Crippen molar-refractivity contribution >= 4 is 18.4 Å². The minimum atomic E-state index is -4.32. The van der Waals surface area contributed by atoms with Crippen molar-refractivity contribution in [3.63, 3.8) is 0 Å². The molecule has 1 heterocycles. The van der Waals surface area contributed by atoms with Crippen molar-refractivity contribution in [3.8, 4) is 16.9 Å². The summed E-state index contributed by atoms with van der Waals surface area (Å²) >= 11 is 0. The molecule has 1 aliphatic rings. The average Bonchev–Trinajstić information content (AvgIpc) is 2.66. The Morgan fingerprint density at radius 2 is 1.71 bits per heavy atom. The number of benzene rings is 2. The van der Waals surface area contributed by atoms with Crippen molar-refractivity contribution < 1.29 is 17.9 Å². The first-order valence-electron chi connectivity index (χ1n) is 6.66. The minimum absolute atomic E-state index is 0.596. The van der Waals surface area contributed by atoms with Gasteiger partial charge in [0.1, 0.15) is 13.8 Å². The molecule has 0 radical (unpaired) electrons. The second-order valence-electron chi connectivity index (χ2n) is 5.77. The molecule has 3 rings (SSSR count). The number of hydrogen-bond acceptors (Lipinski definition) is 1. The Kier molecular flexibility index (Phi) is 2.95. The van der Waals surface area contributed by atoms with Crippen LogP contribution in [0.3, 0.4) is 0 Å². The molecule has 0 atom stereocenters. The van der Waals surface area contributed by atoms with Crippen molar-refractivity contribution in [2.45, 2.75) is 19.3 Å². The zero-order chi connectivity index (χ0) is 15.4. The van der Waals surface area contributed by atoms with E-state index in [1.165, 1.54) is 12.1 Å². The summed E-state index contributed by atoms with van der Waals surface area (Å²) in [6.07, 6.45) is -4.32. The first-order chi connectivity index (χ1) is 9.76. The van der Waals surface area contributed by atoms with Gasteiger partial charge in [-0.15, -0.1) is 0 Å². The first kappa shape index (κ1) is 14.2. The van der Waals surface area contributed by atoms with Crippen LogP contribution in [-0.4, -0.2) is 15.2 Å². The molecule has 0 N–H and O–H groups in total. The SMILES string of the molecule is COc1cccc2c1[Si](C)(C)c1ccc(C(F)(F)F)cc1-2. The highest BCUT2D eigenvalue weighted by Crippen LogP contribution is 2.36. The van der Waals surface area contributed by atoms with E-state index in [-0.39, 0.29) is 0 Å². The van der Waals surface area contributed by atoms with Crippen LogP contribution in [0.15, 0.2) is 36.4 Å². The fourth-order valence-electron chi connectivity index (χ4n) is 3.19. The number of halogens is 3. The lowest BCUT2D eigenvalue weighted by Gasteiger charge is -2.21. The minimum Gasteiger partial charge on any atom is -0.497 e. The summed E-state index contributed by atoms with van der Waals surface area (Å²) in [6, 6.07) is 9.70. The molecular formula is C16H15F3OSi. The maximum absolute atomic E-state index is 13.0. The van der Waals surface area contributed by atoms with E-state index in [2.05, 4.69) is 13.1 Å². The smallest absolute Gasteiger partial charge is 0.416 e. The van der Waals surface area contributed by atoms with Crippen LogP contribution in [0.25, 0.3) is 11.1 Å². The number of fused-ring (bicyclic) bond motifs is 3. The zero-order valence-electron chi connectivity index (χ0n) is 12.0. The number of rotatable bonds is 1. The monoisotopic (exact) mass is 308 g/mol. The van der Waals surface area contributed by atoms with Gasteiger partial charge in [0.15, 0.2) is 0 Å². The Labute approximate surface area is 122 Å². The normalized spacial score (nSPS) is 15.5. The first-order valence-corrected chi connectivity index (χ1v) is 9.66. The number of ether oxygens (including phenoxy) is 1. The van der Waals surface area contributed by atoms with Crippen molar-refractivity contribution in [3.05, 3.63) is 42.0 Å². The van der Waals surface area contributed by atoms with Gasteiger partial charge in [0.05, 0.1) is 12.7 Å². The van der Waals surface area contributed by atoms with Crippen LogP contribution < -0.4 is 15.1 Å². The summed E-state index contributed by atoms with van der Waals surface area (Å²) in [7, 11) is -0.420. The molecule has 0 saturated heterocycles. The molecular weight excluding hydrogens is 293 g/mol. The molecule has 0 spiro atoms. The fraction of sp³-hybridized carbons (Fsp3) is 0.250. The fourth-order valence-corrected chi connectivity index (χ4v) is 6.54. The van der Waals surface area contributed by atoms with E-state index < -0.39 is 19.8 Å². The van der Waals surface area contributed by atoms with Crippen LogP contribution in [0.5, 0.6) is 5.75 Å². The van der Waals surface area contributed by atoms with Crippen molar-refractivity contribution in [2.24, 2.45) is 0 Å². The number of hydrogen-bond donors (Lipinski definition) is 0. The Hall–Kier alpha value is -1.75. The average molecular weight is 308 g/mol. The summed E-state index contributed by atoms with van der Waals surface area (Å²) in [4.78, 5) is 0. The molecule has 0 aromatic heterocycles. The van der Waals surface area contributed by atoms with E-state index in [9.17, 15) is 13.2 Å². The largest absolute Gasteiger partial charge is 0.497 e. The Bertz CT molecular complexity index is 720. The van der Waals surface area contributed by atoms with Crippen LogP contribution in [0, 0.1) is 0 Å². The van der Waals surface area contributed by atoms with Crippen LogP contribution >= 0.6 is 0 Å². The van der Waals surface area contributed by atoms with Crippen molar-refractivity contribution in [1.82, 2.24) is 0 Å². The summed E-state index contributed by atoms with van der Waals surface area (Å²) in [5.41, 5.74) is 0.990. The molecule has 0 fully saturated rings. The lowest BCUT2D eigenvalue weighted by atomic mass is 10.0. The lowest BCUT2D eigenvalue weighted by molar-refractivity contribution is -0.137. The molecule has 2 aromatic rings. The van der Waals surface area contributed by atoms with Gasteiger partial charge in [0, 0.05) is 0 Å². The molecule has 110 valence electrons. The molecule has 1 aliphatic heterocycles. The number of alkyl halides is 3. The van der Waals surface area contributed by atoms with Gasteiger partial charge in [0.25, 0.3) is 0 Å². The Balaban J connectivity index is 2.31. The Morgan fingerprint density at radius 1 is 1.00 bits per heavy atom. The van der Waals surface area contributed by atoms with Gasteiger partial charge >= 0.3 is 6.18 Å². The van der Waals surface area contributed by atoms with Crippen LogP contribution in [-0.2, 0) is 6.18 Å². The van der Waals surface area contributed by atoms with Crippen molar-refractivity contribution in [1.29, 1.82) is 0 Å². The molecule has 0 amide bonds. The number of methoxy groups -OCH3 is 1. The third-order valence-corrected chi connectivity index (χ3v) is 7.73. The standard InChI is InChI=1S/C16H15F3OSi/c1-20-13-6-4-5-11-12-9-10(16(17,18)19)7-8-14(12)21(2,3)15(11)13/h4-9H,1-3H3. The highest BCUT2D eigenvalue weighted by Gasteiger charge is 2.41. The van der Waals surface area contributed by atoms with Crippen LogP contribution in [0.4, 0.5) is 13.2 Å². The molecule has 0 saturated carbocycles. The lowest BCUT2D eigenvalue weighted by Crippen LogP contribution is -2.49. The topological polar surface area (TPSA) is 9.23 Å². The summed E-state index contributed by atoms with van der Waals surface area (Å²) < 4.78 is 44.3. The molecule has 21 heavy (non-hydrogen) atoms. The van der Waals surface area contributed by atoms with E-state index in [0.717, 1.165) is 21.7 Å². The predicted octanol–water partition coefficient (Wildman–Crippen LogP) is 3.52. The molecule has 0 aliphatic carbocycles. The predicted molar refractivity (Wildman–Crippen MR) is 80.2 cm³/mol. The summed E-state index contributed by atoms with van der Waals surface area (Å²) in [6.45, 7) is 4.29. The highest BCUT2D eigenvalue weighted by molar-refractivity contribution is 7.04. The second-order valence-corrected chi connectivity index (χ2v) is 10.1. The van der Waals surface area contributed by atoms with Crippen LogP contribution in [0.1, 0.15) is 5.56 Å². The summed E-state index contributed by atoms with van der Waals surface area (Å²) in [5.74, 6) is 0.772. The van der Waals surface area contributed by atoms with Gasteiger partial charge < -0.3 is 4.74 Å². The van der Waals surface area contributed by atoms with Gasteiger partial charge in [0.2, 0.25) is 0 Å². The van der Waals surface area contributed by atoms with Crippen LogP contribution in [0.2, 0.25) is 13.1 Å². The van der Waals surface area contributed by atoms with E-state index >= 15 is 0 Å². The van der Waals surface area contributed by atoms with Crippen molar-refractivity contribution in [2.75, 3.05) is 7.11 Å². The molecule has 0 bridgehead atoms. The molecule has 1 nitrogen and oxygen atoms in total. The maximum Gasteiger partial charge on any atom is 0.416 e. The van der Waals surface area contributed by atoms with Gasteiger partial charge in [-0.25, -0.2) is 0 Å². The van der Waals surface area contributed by atoms with Gasteiger partial charge in [-0.1, -0.05) is 37.4 Å². The second kappa shape index (κ2) is 4.37. The maximum atomic E-state index is 13.0.